The molecule has 0 fully saturated rings. The lowest BCUT2D eigenvalue weighted by Crippen LogP contribution is -1.93. The molecule has 2 heteroatoms. The molecular formula is C64H39NO. The number of hydrogen-bond donors (Lipinski definition) is 0. The van der Waals surface area contributed by atoms with Crippen molar-refractivity contribution in [2.75, 3.05) is 0 Å². The molecule has 0 aliphatic carbocycles. The van der Waals surface area contributed by atoms with Gasteiger partial charge < -0.3 is 8.98 Å². The third-order valence-corrected chi connectivity index (χ3v) is 14.0. The van der Waals surface area contributed by atoms with Gasteiger partial charge in [0.1, 0.15) is 11.2 Å². The molecule has 0 bridgehead atoms. The largest absolute Gasteiger partial charge is 0.455 e. The van der Waals surface area contributed by atoms with E-state index in [2.05, 4.69) is 241 Å². The summed E-state index contributed by atoms with van der Waals surface area (Å²) in [6.45, 7) is 0. The van der Waals surface area contributed by atoms with Crippen LogP contribution in [0.2, 0.25) is 0 Å². The molecule has 306 valence electrons. The van der Waals surface area contributed by atoms with Gasteiger partial charge in [-0.15, -0.1) is 0 Å². The normalized spacial score (nSPS) is 11.9. The van der Waals surface area contributed by atoms with Crippen LogP contribution >= 0.6 is 0 Å². The second-order valence-corrected chi connectivity index (χ2v) is 17.4. The summed E-state index contributed by atoms with van der Waals surface area (Å²) in [4.78, 5) is 0. The zero-order chi connectivity index (χ0) is 43.3. The Morgan fingerprint density at radius 1 is 0.273 bits per heavy atom. The van der Waals surface area contributed by atoms with Gasteiger partial charge in [0.05, 0.1) is 11.0 Å². The number of hydrogen-bond acceptors (Lipinski definition) is 1. The summed E-state index contributed by atoms with van der Waals surface area (Å²) in [7, 11) is 0. The number of para-hydroxylation sites is 3. The van der Waals surface area contributed by atoms with Gasteiger partial charge in [0.15, 0.2) is 0 Å². The van der Waals surface area contributed by atoms with E-state index >= 15 is 0 Å². The lowest BCUT2D eigenvalue weighted by molar-refractivity contribution is 0.670. The maximum Gasteiger partial charge on any atom is 0.143 e. The van der Waals surface area contributed by atoms with Crippen LogP contribution < -0.4 is 0 Å². The van der Waals surface area contributed by atoms with Crippen molar-refractivity contribution in [1.29, 1.82) is 0 Å². The molecule has 0 spiro atoms. The van der Waals surface area contributed by atoms with Crippen molar-refractivity contribution in [2.45, 2.75) is 0 Å². The van der Waals surface area contributed by atoms with E-state index in [1.54, 1.807) is 0 Å². The summed E-state index contributed by atoms with van der Waals surface area (Å²) in [5.74, 6) is 0. The Morgan fingerprint density at radius 3 is 1.32 bits per heavy atom. The van der Waals surface area contributed by atoms with E-state index < -0.39 is 0 Å². The molecule has 14 rings (SSSR count). The van der Waals surface area contributed by atoms with Crippen molar-refractivity contribution >= 4 is 86.8 Å². The SMILES string of the molecule is c1ccc(-c2c3ccccc3c(-c3cccc4oc5c(-c6c7ccccc7c(-c7ccc8c(c7)c7ccccc7n8-c7ccccc7)c7ccccc67)cccc5c34)c3ccccc23)cc1. The first-order chi connectivity index (χ1) is 32.8. The van der Waals surface area contributed by atoms with Crippen molar-refractivity contribution in [3.63, 3.8) is 0 Å². The van der Waals surface area contributed by atoms with Gasteiger partial charge in [-0.1, -0.05) is 200 Å². The molecule has 0 unspecified atom stereocenters. The molecule has 2 aromatic heterocycles. The monoisotopic (exact) mass is 837 g/mol. The molecule has 2 heterocycles. The van der Waals surface area contributed by atoms with Gasteiger partial charge in [0.2, 0.25) is 0 Å². The third-order valence-electron chi connectivity index (χ3n) is 14.0. The van der Waals surface area contributed by atoms with Crippen molar-refractivity contribution in [3.8, 4) is 50.2 Å². The number of fused-ring (bicyclic) bond motifs is 10. The second-order valence-electron chi connectivity index (χ2n) is 17.4. The molecule has 2 nitrogen and oxygen atoms in total. The highest BCUT2D eigenvalue weighted by molar-refractivity contribution is 6.28. The lowest BCUT2D eigenvalue weighted by atomic mass is 9.84. The van der Waals surface area contributed by atoms with Crippen LogP contribution in [0, 0.1) is 0 Å². The Kier molecular flexibility index (Phi) is 8.02. The maximum absolute atomic E-state index is 7.16. The van der Waals surface area contributed by atoms with Gasteiger partial charge in [-0.3, -0.25) is 0 Å². The Morgan fingerprint density at radius 2 is 0.712 bits per heavy atom. The average molecular weight is 838 g/mol. The van der Waals surface area contributed by atoms with Crippen molar-refractivity contribution in [3.05, 3.63) is 237 Å². The molecule has 12 aromatic carbocycles. The third kappa shape index (κ3) is 5.30. The Labute approximate surface area is 380 Å². The molecule has 0 saturated carbocycles. The minimum Gasteiger partial charge on any atom is -0.455 e. The van der Waals surface area contributed by atoms with Gasteiger partial charge in [-0.2, -0.15) is 0 Å². The number of aromatic nitrogens is 1. The smallest absolute Gasteiger partial charge is 0.143 e. The fraction of sp³-hybridized carbons (Fsp3) is 0. The first kappa shape index (κ1) is 36.7. The van der Waals surface area contributed by atoms with Crippen LogP contribution in [0.1, 0.15) is 0 Å². The van der Waals surface area contributed by atoms with E-state index in [1.807, 2.05) is 0 Å². The molecule has 0 atom stereocenters. The Hall–Kier alpha value is -8.72. The lowest BCUT2D eigenvalue weighted by Gasteiger charge is -2.18. The highest BCUT2D eigenvalue weighted by atomic mass is 16.3. The maximum atomic E-state index is 7.16. The highest BCUT2D eigenvalue weighted by Gasteiger charge is 2.24. The van der Waals surface area contributed by atoms with E-state index in [0.29, 0.717) is 0 Å². The van der Waals surface area contributed by atoms with Crippen molar-refractivity contribution in [1.82, 2.24) is 4.57 Å². The first-order valence-electron chi connectivity index (χ1n) is 22.8. The van der Waals surface area contributed by atoms with Crippen LogP contribution in [0.4, 0.5) is 0 Å². The second kappa shape index (κ2) is 14.4. The molecule has 0 aliphatic heterocycles. The summed E-state index contributed by atoms with van der Waals surface area (Å²) >= 11 is 0. The predicted molar refractivity (Wildman–Crippen MR) is 280 cm³/mol. The van der Waals surface area contributed by atoms with Crippen molar-refractivity contribution < 1.29 is 4.42 Å². The molecule has 0 saturated heterocycles. The molecule has 14 aromatic rings. The number of benzene rings is 12. The van der Waals surface area contributed by atoms with Gasteiger partial charge >= 0.3 is 0 Å². The Balaban J connectivity index is 1.02. The summed E-state index contributed by atoms with van der Waals surface area (Å²) < 4.78 is 9.54. The van der Waals surface area contributed by atoms with Gasteiger partial charge in [0, 0.05) is 38.4 Å². The van der Waals surface area contributed by atoms with E-state index in [-0.39, 0.29) is 0 Å². The standard InChI is InChI=1S/C64H39NO/c1-3-19-40(20-4-1)59-44-24-7-11-28-48(44)61(49-29-12-8-25-45(49)59)52-32-18-36-58-63(52)54-34-17-33-53(64(54)66-58)62-50-30-13-9-26-46(50)60(47-27-10-14-31-51(47)62)41-37-38-57-55(39-41)43-23-15-16-35-56(43)65(57)42-21-5-2-6-22-42/h1-39H. The van der Waals surface area contributed by atoms with Crippen LogP contribution in [0.5, 0.6) is 0 Å². The quantitative estimate of drug-likeness (QED) is 0.158. The van der Waals surface area contributed by atoms with Crippen LogP contribution in [0.3, 0.4) is 0 Å². The number of rotatable bonds is 5. The van der Waals surface area contributed by atoms with E-state index in [9.17, 15) is 0 Å². The van der Waals surface area contributed by atoms with Crippen LogP contribution in [-0.2, 0) is 0 Å². The number of nitrogens with zero attached hydrogens (tertiary/aromatic N) is 1. The van der Waals surface area contributed by atoms with Crippen molar-refractivity contribution in [2.24, 2.45) is 0 Å². The molecule has 0 amide bonds. The molecular weight excluding hydrogens is 799 g/mol. The van der Waals surface area contributed by atoms with E-state index in [1.165, 1.54) is 104 Å². The van der Waals surface area contributed by atoms with Gasteiger partial charge in [-0.05, 0) is 113 Å². The van der Waals surface area contributed by atoms with Gasteiger partial charge in [0.25, 0.3) is 0 Å². The summed E-state index contributed by atoms with van der Waals surface area (Å²) in [5.41, 5.74) is 14.9. The van der Waals surface area contributed by atoms with Gasteiger partial charge in [-0.25, -0.2) is 0 Å². The topological polar surface area (TPSA) is 18.1 Å². The highest BCUT2D eigenvalue weighted by Crippen LogP contribution is 2.50. The summed E-state index contributed by atoms with van der Waals surface area (Å²) in [6, 6.07) is 86.3. The fourth-order valence-corrected chi connectivity index (χ4v) is 11.3. The first-order valence-corrected chi connectivity index (χ1v) is 22.8. The molecule has 66 heavy (non-hydrogen) atoms. The summed E-state index contributed by atoms with van der Waals surface area (Å²) in [6.07, 6.45) is 0. The number of furan rings is 1. The Bertz CT molecular complexity index is 4160. The van der Waals surface area contributed by atoms with Crippen LogP contribution in [0.25, 0.3) is 137 Å². The van der Waals surface area contributed by atoms with Crippen LogP contribution in [0.15, 0.2) is 241 Å². The molecule has 0 radical (unpaired) electrons. The molecule has 0 aliphatic rings. The predicted octanol–water partition coefficient (Wildman–Crippen LogP) is 18.0. The zero-order valence-electron chi connectivity index (χ0n) is 35.9. The minimum absolute atomic E-state index is 0.878. The summed E-state index contributed by atoms with van der Waals surface area (Å²) in [5, 5.41) is 14.5. The fourth-order valence-electron chi connectivity index (χ4n) is 11.3. The average Bonchev–Trinajstić information content (AvgIpc) is 3.94. The zero-order valence-corrected chi connectivity index (χ0v) is 35.9. The van der Waals surface area contributed by atoms with Crippen LogP contribution in [-0.4, -0.2) is 4.57 Å². The minimum atomic E-state index is 0.878. The molecule has 0 N–H and O–H groups in total. The van der Waals surface area contributed by atoms with E-state index in [4.69, 9.17) is 4.42 Å². The van der Waals surface area contributed by atoms with E-state index in [0.717, 1.165) is 33.2 Å².